The van der Waals surface area contributed by atoms with Crippen molar-refractivity contribution < 1.29 is 5.11 Å². The molecule has 2 aromatic rings. The molecule has 0 bridgehead atoms. The van der Waals surface area contributed by atoms with Crippen LogP contribution in [0.1, 0.15) is 24.1 Å². The van der Waals surface area contributed by atoms with Crippen LogP contribution in [0.25, 0.3) is 0 Å². The summed E-state index contributed by atoms with van der Waals surface area (Å²) in [7, 11) is 0. The highest BCUT2D eigenvalue weighted by Gasteiger charge is 2.05. The number of nitriles is 1. The smallest absolute Gasteiger partial charge is 0.117 e. The number of phenolic OH excluding ortho intramolecular Hbond substituents is 1. The summed E-state index contributed by atoms with van der Waals surface area (Å²) < 4.78 is 0. The van der Waals surface area contributed by atoms with Crippen molar-refractivity contribution in [2.24, 2.45) is 0 Å². The second-order valence-electron chi connectivity index (χ2n) is 4.15. The van der Waals surface area contributed by atoms with Gasteiger partial charge in [0.1, 0.15) is 5.75 Å². The predicted octanol–water partition coefficient (Wildman–Crippen LogP) is 3.44. The number of nitrogens with zero attached hydrogens (tertiary/aromatic N) is 1. The second kappa shape index (κ2) is 5.24. The van der Waals surface area contributed by atoms with Gasteiger partial charge in [0.05, 0.1) is 11.6 Å². The van der Waals surface area contributed by atoms with E-state index in [1.807, 2.05) is 25.1 Å². The lowest BCUT2D eigenvalue weighted by Gasteiger charge is -2.15. The van der Waals surface area contributed by atoms with E-state index >= 15 is 0 Å². The van der Waals surface area contributed by atoms with Gasteiger partial charge in [-0.2, -0.15) is 5.26 Å². The van der Waals surface area contributed by atoms with Crippen LogP contribution in [0.2, 0.25) is 0 Å². The summed E-state index contributed by atoms with van der Waals surface area (Å²) in [6, 6.07) is 16.7. The number of benzene rings is 2. The van der Waals surface area contributed by atoms with Gasteiger partial charge in [-0.1, -0.05) is 18.2 Å². The molecule has 3 heteroatoms. The minimum atomic E-state index is 0.111. The average Bonchev–Trinajstić information content (AvgIpc) is 2.39. The Morgan fingerprint density at radius 3 is 2.50 bits per heavy atom. The molecular formula is C15H14N2O. The first-order chi connectivity index (χ1) is 8.69. The number of hydrogen-bond donors (Lipinski definition) is 2. The highest BCUT2D eigenvalue weighted by Crippen LogP contribution is 2.22. The zero-order chi connectivity index (χ0) is 13.0. The van der Waals surface area contributed by atoms with Gasteiger partial charge in [0.2, 0.25) is 0 Å². The van der Waals surface area contributed by atoms with Crippen molar-refractivity contribution >= 4 is 5.69 Å². The molecule has 0 spiro atoms. The first-order valence-corrected chi connectivity index (χ1v) is 5.74. The Balaban J connectivity index is 2.12. The summed E-state index contributed by atoms with van der Waals surface area (Å²) in [5.41, 5.74) is 2.62. The average molecular weight is 238 g/mol. The first-order valence-electron chi connectivity index (χ1n) is 5.74. The summed E-state index contributed by atoms with van der Waals surface area (Å²) >= 11 is 0. The summed E-state index contributed by atoms with van der Waals surface area (Å²) in [4.78, 5) is 0. The van der Waals surface area contributed by atoms with E-state index in [9.17, 15) is 5.11 Å². The number of nitrogens with one attached hydrogen (secondary N) is 1. The van der Waals surface area contributed by atoms with Gasteiger partial charge in [0.25, 0.3) is 0 Å². The molecule has 1 unspecified atom stereocenters. The third-order valence-corrected chi connectivity index (χ3v) is 2.77. The Bertz CT molecular complexity index is 570. The molecule has 18 heavy (non-hydrogen) atoms. The standard InChI is InChI=1S/C15H14N2O/c1-11(13-7-5-12(10-16)6-8-13)17-14-3-2-4-15(18)9-14/h2-9,11,17-18H,1H3. The highest BCUT2D eigenvalue weighted by atomic mass is 16.3. The number of rotatable bonds is 3. The maximum Gasteiger partial charge on any atom is 0.117 e. The van der Waals surface area contributed by atoms with Crippen LogP contribution < -0.4 is 5.32 Å². The van der Waals surface area contributed by atoms with Crippen LogP contribution >= 0.6 is 0 Å². The Morgan fingerprint density at radius 1 is 1.17 bits per heavy atom. The summed E-state index contributed by atoms with van der Waals surface area (Å²) in [5.74, 6) is 0.243. The normalized spacial score (nSPS) is 11.6. The Kier molecular flexibility index (Phi) is 3.49. The van der Waals surface area contributed by atoms with Gasteiger partial charge >= 0.3 is 0 Å². The Morgan fingerprint density at radius 2 is 1.89 bits per heavy atom. The number of hydrogen-bond acceptors (Lipinski definition) is 3. The van der Waals surface area contributed by atoms with Crippen LogP contribution in [0.4, 0.5) is 5.69 Å². The Labute approximate surface area is 106 Å². The van der Waals surface area contributed by atoms with Crippen molar-refractivity contribution in [1.82, 2.24) is 0 Å². The van der Waals surface area contributed by atoms with E-state index < -0.39 is 0 Å². The summed E-state index contributed by atoms with van der Waals surface area (Å²) in [6.07, 6.45) is 0. The Hall–Kier alpha value is -2.47. The maximum absolute atomic E-state index is 9.39. The van der Waals surface area contributed by atoms with E-state index in [0.717, 1.165) is 11.3 Å². The van der Waals surface area contributed by atoms with Gasteiger partial charge < -0.3 is 10.4 Å². The highest BCUT2D eigenvalue weighted by molar-refractivity contribution is 5.49. The molecule has 0 aliphatic rings. The van der Waals surface area contributed by atoms with E-state index in [4.69, 9.17) is 5.26 Å². The van der Waals surface area contributed by atoms with Crippen molar-refractivity contribution in [2.75, 3.05) is 5.32 Å². The molecule has 0 amide bonds. The lowest BCUT2D eigenvalue weighted by molar-refractivity contribution is 0.475. The molecule has 0 aliphatic carbocycles. The topological polar surface area (TPSA) is 56.0 Å². The molecule has 2 rings (SSSR count). The van der Waals surface area contributed by atoms with E-state index in [2.05, 4.69) is 11.4 Å². The van der Waals surface area contributed by atoms with Gasteiger partial charge in [-0.25, -0.2) is 0 Å². The third-order valence-electron chi connectivity index (χ3n) is 2.77. The van der Waals surface area contributed by atoms with Gasteiger partial charge in [0, 0.05) is 17.8 Å². The molecule has 0 heterocycles. The molecule has 2 aromatic carbocycles. The van der Waals surface area contributed by atoms with Crippen LogP contribution in [-0.2, 0) is 0 Å². The van der Waals surface area contributed by atoms with Gasteiger partial charge in [-0.3, -0.25) is 0 Å². The van der Waals surface area contributed by atoms with E-state index in [0.29, 0.717) is 5.56 Å². The zero-order valence-corrected chi connectivity index (χ0v) is 10.1. The SMILES string of the molecule is CC(Nc1cccc(O)c1)c1ccc(C#N)cc1. The third kappa shape index (κ3) is 2.80. The number of aromatic hydroxyl groups is 1. The van der Waals surface area contributed by atoms with Gasteiger partial charge in [-0.15, -0.1) is 0 Å². The molecule has 0 aromatic heterocycles. The predicted molar refractivity (Wildman–Crippen MR) is 71.3 cm³/mol. The van der Waals surface area contributed by atoms with Crippen LogP contribution in [0.5, 0.6) is 5.75 Å². The maximum atomic E-state index is 9.39. The molecule has 0 aliphatic heterocycles. The fraction of sp³-hybridized carbons (Fsp3) is 0.133. The quantitative estimate of drug-likeness (QED) is 0.861. The number of anilines is 1. The lowest BCUT2D eigenvalue weighted by Crippen LogP contribution is -2.06. The van der Waals surface area contributed by atoms with Crippen molar-refractivity contribution in [3.63, 3.8) is 0 Å². The van der Waals surface area contributed by atoms with Crippen molar-refractivity contribution in [3.05, 3.63) is 59.7 Å². The molecule has 0 saturated carbocycles. The minimum absolute atomic E-state index is 0.111. The van der Waals surface area contributed by atoms with Gasteiger partial charge in [0.15, 0.2) is 0 Å². The molecule has 2 N–H and O–H groups in total. The van der Waals surface area contributed by atoms with E-state index in [1.54, 1.807) is 30.3 Å². The second-order valence-corrected chi connectivity index (χ2v) is 4.15. The largest absolute Gasteiger partial charge is 0.508 e. The van der Waals surface area contributed by atoms with E-state index in [-0.39, 0.29) is 11.8 Å². The molecule has 0 fully saturated rings. The molecule has 1 atom stereocenters. The fourth-order valence-corrected chi connectivity index (χ4v) is 1.78. The zero-order valence-electron chi connectivity index (χ0n) is 10.1. The summed E-state index contributed by atoms with van der Waals surface area (Å²) in [6.45, 7) is 2.03. The van der Waals surface area contributed by atoms with Crippen LogP contribution in [0, 0.1) is 11.3 Å². The summed E-state index contributed by atoms with van der Waals surface area (Å²) in [5, 5.41) is 21.4. The molecule has 3 nitrogen and oxygen atoms in total. The molecule has 0 saturated heterocycles. The molecule has 0 radical (unpaired) electrons. The van der Waals surface area contributed by atoms with Crippen LogP contribution in [0.3, 0.4) is 0 Å². The lowest BCUT2D eigenvalue weighted by atomic mass is 10.1. The number of phenols is 1. The van der Waals surface area contributed by atoms with Crippen molar-refractivity contribution in [2.45, 2.75) is 13.0 Å². The molecule has 90 valence electrons. The van der Waals surface area contributed by atoms with Crippen molar-refractivity contribution in [3.8, 4) is 11.8 Å². The minimum Gasteiger partial charge on any atom is -0.508 e. The van der Waals surface area contributed by atoms with Crippen LogP contribution in [0.15, 0.2) is 48.5 Å². The van der Waals surface area contributed by atoms with Gasteiger partial charge in [-0.05, 0) is 36.8 Å². The molecular weight excluding hydrogens is 224 g/mol. The fourth-order valence-electron chi connectivity index (χ4n) is 1.78. The monoisotopic (exact) mass is 238 g/mol. The first kappa shape index (κ1) is 12.0. The van der Waals surface area contributed by atoms with E-state index in [1.165, 1.54) is 0 Å². The van der Waals surface area contributed by atoms with Crippen molar-refractivity contribution in [1.29, 1.82) is 5.26 Å². The van der Waals surface area contributed by atoms with Crippen LogP contribution in [-0.4, -0.2) is 5.11 Å².